The van der Waals surface area contributed by atoms with Crippen LogP contribution in [0.15, 0.2) is 58.4 Å². The topological polar surface area (TPSA) is 143 Å². The SMILES string of the molecule is CC(=O)Nc1ccc(NC(=O)[C@H](C)OC(=O)CCN=C2NS(=O)(=O)c3ccccc32)cc1. The van der Waals surface area contributed by atoms with Gasteiger partial charge in [0.05, 0.1) is 17.9 Å². The van der Waals surface area contributed by atoms with Crippen LogP contribution in [0, 0.1) is 0 Å². The summed E-state index contributed by atoms with van der Waals surface area (Å²) >= 11 is 0. The minimum Gasteiger partial charge on any atom is -0.452 e. The molecule has 0 saturated carbocycles. The molecule has 3 N–H and O–H groups in total. The van der Waals surface area contributed by atoms with Gasteiger partial charge in [-0.05, 0) is 43.3 Å². The van der Waals surface area contributed by atoms with Crippen LogP contribution in [0.4, 0.5) is 11.4 Å². The number of sulfonamides is 1. The zero-order chi connectivity index (χ0) is 23.3. The standard InChI is InChI=1S/C21H22N4O6S/c1-13(21(28)24-16-9-7-15(8-10-16)23-14(2)26)31-19(27)11-12-22-20-17-5-3-4-6-18(17)32(29,30)25-20/h3-10,13H,11-12H2,1-2H3,(H,22,25)(H,23,26)(H,24,28)/t13-/m0/s1. The molecule has 0 saturated heterocycles. The van der Waals surface area contributed by atoms with Gasteiger partial charge in [-0.3, -0.25) is 24.1 Å². The number of amidine groups is 1. The average molecular weight is 458 g/mol. The van der Waals surface area contributed by atoms with E-state index in [2.05, 4.69) is 20.3 Å². The lowest BCUT2D eigenvalue weighted by Gasteiger charge is -2.13. The molecule has 1 atom stereocenters. The van der Waals surface area contributed by atoms with Crippen LogP contribution < -0.4 is 15.4 Å². The van der Waals surface area contributed by atoms with Crippen LogP contribution in [0.2, 0.25) is 0 Å². The molecule has 32 heavy (non-hydrogen) atoms. The zero-order valence-electron chi connectivity index (χ0n) is 17.4. The lowest BCUT2D eigenvalue weighted by molar-refractivity contribution is -0.152. The number of carbonyl (C=O) groups is 3. The Morgan fingerprint density at radius 2 is 1.66 bits per heavy atom. The van der Waals surface area contributed by atoms with Crippen LogP contribution in [0.25, 0.3) is 0 Å². The highest BCUT2D eigenvalue weighted by atomic mass is 32.2. The van der Waals surface area contributed by atoms with Crippen molar-refractivity contribution in [3.05, 3.63) is 54.1 Å². The summed E-state index contributed by atoms with van der Waals surface area (Å²) in [6.45, 7) is 2.82. The highest BCUT2D eigenvalue weighted by Gasteiger charge is 2.30. The number of carbonyl (C=O) groups excluding carboxylic acids is 3. The van der Waals surface area contributed by atoms with Crippen LogP contribution in [-0.4, -0.2) is 44.7 Å². The van der Waals surface area contributed by atoms with Gasteiger partial charge in [0.25, 0.3) is 15.9 Å². The van der Waals surface area contributed by atoms with Crippen molar-refractivity contribution in [1.82, 2.24) is 4.72 Å². The number of amides is 2. The molecule has 1 heterocycles. The summed E-state index contributed by atoms with van der Waals surface area (Å²) in [6.07, 6.45) is -1.17. The third-order valence-electron chi connectivity index (χ3n) is 4.40. The van der Waals surface area contributed by atoms with E-state index in [1.54, 1.807) is 42.5 Å². The fourth-order valence-electron chi connectivity index (χ4n) is 2.90. The Labute approximate surface area is 185 Å². The maximum absolute atomic E-state index is 12.2. The highest BCUT2D eigenvalue weighted by molar-refractivity contribution is 7.90. The predicted molar refractivity (Wildman–Crippen MR) is 118 cm³/mol. The van der Waals surface area contributed by atoms with Crippen molar-refractivity contribution in [3.8, 4) is 0 Å². The number of benzene rings is 2. The van der Waals surface area contributed by atoms with Crippen molar-refractivity contribution in [3.63, 3.8) is 0 Å². The van der Waals surface area contributed by atoms with Crippen LogP contribution in [0.3, 0.4) is 0 Å². The van der Waals surface area contributed by atoms with Gasteiger partial charge in [-0.25, -0.2) is 8.42 Å². The summed E-state index contributed by atoms with van der Waals surface area (Å²) in [6, 6.07) is 12.9. The molecule has 0 aliphatic carbocycles. The number of aliphatic imine (C=N–C) groups is 1. The highest BCUT2D eigenvalue weighted by Crippen LogP contribution is 2.22. The second-order valence-electron chi connectivity index (χ2n) is 6.96. The Morgan fingerprint density at radius 3 is 2.31 bits per heavy atom. The van der Waals surface area contributed by atoms with E-state index in [-0.39, 0.29) is 29.6 Å². The molecule has 3 rings (SSSR count). The summed E-state index contributed by atoms with van der Waals surface area (Å²) in [5.41, 5.74) is 1.51. The predicted octanol–water partition coefficient (Wildman–Crippen LogP) is 1.64. The Kier molecular flexibility index (Phi) is 6.89. The smallest absolute Gasteiger partial charge is 0.308 e. The van der Waals surface area contributed by atoms with Crippen molar-refractivity contribution in [2.45, 2.75) is 31.3 Å². The number of nitrogens with one attached hydrogen (secondary N) is 3. The second kappa shape index (κ2) is 9.60. The molecule has 2 aromatic rings. The third-order valence-corrected chi connectivity index (χ3v) is 5.80. The number of hydrogen-bond donors (Lipinski definition) is 3. The summed E-state index contributed by atoms with van der Waals surface area (Å²) < 4.78 is 31.6. The summed E-state index contributed by atoms with van der Waals surface area (Å²) in [5.74, 6) is -1.20. The van der Waals surface area contributed by atoms with E-state index in [9.17, 15) is 22.8 Å². The fraction of sp³-hybridized carbons (Fsp3) is 0.238. The first kappa shape index (κ1) is 22.9. The largest absolute Gasteiger partial charge is 0.452 e. The van der Waals surface area contributed by atoms with Crippen LogP contribution >= 0.6 is 0 Å². The monoisotopic (exact) mass is 458 g/mol. The number of fused-ring (bicyclic) bond motifs is 1. The number of anilines is 2. The molecular weight excluding hydrogens is 436 g/mol. The van der Waals surface area contributed by atoms with E-state index in [0.29, 0.717) is 16.9 Å². The van der Waals surface area contributed by atoms with Gasteiger partial charge in [0.1, 0.15) is 5.84 Å². The van der Waals surface area contributed by atoms with Gasteiger partial charge in [-0.15, -0.1) is 0 Å². The van der Waals surface area contributed by atoms with Crippen molar-refractivity contribution in [2.24, 2.45) is 4.99 Å². The molecule has 168 valence electrons. The Balaban J connectivity index is 1.49. The lowest BCUT2D eigenvalue weighted by atomic mass is 10.2. The van der Waals surface area contributed by atoms with Crippen molar-refractivity contribution in [1.29, 1.82) is 0 Å². The fourth-order valence-corrected chi connectivity index (χ4v) is 4.15. The van der Waals surface area contributed by atoms with Gasteiger partial charge in [-0.1, -0.05) is 12.1 Å². The minimum atomic E-state index is -3.64. The maximum Gasteiger partial charge on any atom is 0.308 e. The Morgan fingerprint density at radius 1 is 1.03 bits per heavy atom. The van der Waals surface area contributed by atoms with Crippen molar-refractivity contribution < 1.29 is 27.5 Å². The number of esters is 1. The molecule has 0 aromatic heterocycles. The van der Waals surface area contributed by atoms with E-state index in [1.807, 2.05) is 0 Å². The third kappa shape index (κ3) is 5.70. The molecule has 0 bridgehead atoms. The van der Waals surface area contributed by atoms with Crippen molar-refractivity contribution in [2.75, 3.05) is 17.2 Å². The first-order valence-electron chi connectivity index (χ1n) is 9.70. The first-order chi connectivity index (χ1) is 15.2. The van der Waals surface area contributed by atoms with Crippen LogP contribution in [0.5, 0.6) is 0 Å². The lowest BCUT2D eigenvalue weighted by Crippen LogP contribution is -2.30. The zero-order valence-corrected chi connectivity index (χ0v) is 18.2. The first-order valence-corrected chi connectivity index (χ1v) is 11.2. The summed E-state index contributed by atoms with van der Waals surface area (Å²) in [7, 11) is -3.64. The molecule has 0 unspecified atom stereocenters. The van der Waals surface area contributed by atoms with E-state index in [0.717, 1.165) is 0 Å². The minimum absolute atomic E-state index is 0.00995. The normalized spacial score (nSPS) is 15.9. The van der Waals surface area contributed by atoms with Crippen molar-refractivity contribution >= 4 is 45.0 Å². The van der Waals surface area contributed by atoms with Crippen LogP contribution in [-0.2, 0) is 29.1 Å². The number of nitrogens with zero attached hydrogens (tertiary/aromatic N) is 1. The van der Waals surface area contributed by atoms with Gasteiger partial charge >= 0.3 is 5.97 Å². The van der Waals surface area contributed by atoms with Gasteiger partial charge < -0.3 is 15.4 Å². The molecule has 11 heteroatoms. The molecule has 0 radical (unpaired) electrons. The summed E-state index contributed by atoms with van der Waals surface area (Å²) in [5, 5.41) is 5.23. The van der Waals surface area contributed by atoms with Crippen LogP contribution in [0.1, 0.15) is 25.8 Å². The Bertz CT molecular complexity index is 1180. The van der Waals surface area contributed by atoms with E-state index in [4.69, 9.17) is 4.74 Å². The second-order valence-corrected chi connectivity index (χ2v) is 8.61. The number of rotatable bonds is 7. The molecular formula is C21H22N4O6S. The number of hydrogen-bond acceptors (Lipinski definition) is 7. The molecule has 2 amide bonds. The quantitative estimate of drug-likeness (QED) is 0.538. The molecule has 0 spiro atoms. The Hall–Kier alpha value is -3.73. The van der Waals surface area contributed by atoms with Gasteiger partial charge in [-0.2, -0.15) is 0 Å². The molecule has 0 fully saturated rings. The van der Waals surface area contributed by atoms with E-state index < -0.39 is 28.0 Å². The maximum atomic E-state index is 12.2. The summed E-state index contributed by atoms with van der Waals surface area (Å²) in [4.78, 5) is 39.6. The van der Waals surface area contributed by atoms with E-state index in [1.165, 1.54) is 19.9 Å². The molecule has 2 aromatic carbocycles. The van der Waals surface area contributed by atoms with Gasteiger partial charge in [0.15, 0.2) is 6.10 Å². The molecule has 10 nitrogen and oxygen atoms in total. The molecule has 1 aliphatic rings. The molecule has 1 aliphatic heterocycles. The van der Waals surface area contributed by atoms with Gasteiger partial charge in [0.2, 0.25) is 5.91 Å². The van der Waals surface area contributed by atoms with Gasteiger partial charge in [0, 0.05) is 23.9 Å². The number of ether oxygens (including phenoxy) is 1. The average Bonchev–Trinajstić information content (AvgIpc) is 2.99. The van der Waals surface area contributed by atoms with E-state index >= 15 is 0 Å².